The van der Waals surface area contributed by atoms with Gasteiger partial charge in [-0.05, 0) is 50.5 Å². The standard InChI is InChI=1S/C24H30N6O2/c1-15(2)19-7-5-6-16-13-26-24(29-21(16)19)28-20-12-17(14-25-23(20)32-4)22(31)27-18-8-10-30(3)11-9-18/h5-7,12-15,18H,8-11H2,1-4H3,(H,27,31)(H,26,28,29). The summed E-state index contributed by atoms with van der Waals surface area (Å²) in [6, 6.07) is 8.02. The molecule has 0 saturated carbocycles. The van der Waals surface area contributed by atoms with E-state index in [9.17, 15) is 4.79 Å². The molecule has 168 valence electrons. The predicted molar refractivity (Wildman–Crippen MR) is 126 cm³/mol. The van der Waals surface area contributed by atoms with Crippen molar-refractivity contribution in [2.75, 3.05) is 32.6 Å². The van der Waals surface area contributed by atoms with Crippen LogP contribution < -0.4 is 15.4 Å². The van der Waals surface area contributed by atoms with Crippen molar-refractivity contribution in [3.8, 4) is 5.88 Å². The van der Waals surface area contributed by atoms with Crippen LogP contribution in [-0.4, -0.2) is 59.0 Å². The molecule has 8 heteroatoms. The second-order valence-corrected chi connectivity index (χ2v) is 8.59. The number of nitrogens with zero attached hydrogens (tertiary/aromatic N) is 4. The number of pyridine rings is 1. The maximum absolute atomic E-state index is 12.8. The number of hydrogen-bond acceptors (Lipinski definition) is 7. The number of nitrogens with one attached hydrogen (secondary N) is 2. The lowest BCUT2D eigenvalue weighted by Gasteiger charge is -2.29. The zero-order valence-corrected chi connectivity index (χ0v) is 19.1. The van der Waals surface area contributed by atoms with Gasteiger partial charge in [0, 0.05) is 23.8 Å². The zero-order chi connectivity index (χ0) is 22.7. The Bertz CT molecular complexity index is 1110. The van der Waals surface area contributed by atoms with Crippen LogP contribution in [0.2, 0.25) is 0 Å². The minimum absolute atomic E-state index is 0.140. The molecule has 1 amide bonds. The Morgan fingerprint density at radius 1 is 1.19 bits per heavy atom. The van der Waals surface area contributed by atoms with Crippen molar-refractivity contribution in [2.45, 2.75) is 38.6 Å². The third-order valence-electron chi connectivity index (χ3n) is 5.87. The van der Waals surface area contributed by atoms with Crippen LogP contribution in [0.15, 0.2) is 36.7 Å². The summed E-state index contributed by atoms with van der Waals surface area (Å²) in [6.07, 6.45) is 5.22. The average Bonchev–Trinajstić information content (AvgIpc) is 2.80. The molecule has 4 rings (SSSR count). The molecule has 2 N–H and O–H groups in total. The van der Waals surface area contributed by atoms with E-state index in [2.05, 4.69) is 52.5 Å². The van der Waals surface area contributed by atoms with Crippen molar-refractivity contribution in [1.29, 1.82) is 0 Å². The van der Waals surface area contributed by atoms with E-state index >= 15 is 0 Å². The molecular formula is C24H30N6O2. The number of amides is 1. The van der Waals surface area contributed by atoms with E-state index in [1.54, 1.807) is 19.4 Å². The van der Waals surface area contributed by atoms with Crippen molar-refractivity contribution < 1.29 is 9.53 Å². The first-order valence-corrected chi connectivity index (χ1v) is 11.0. The van der Waals surface area contributed by atoms with Gasteiger partial charge in [0.05, 0.1) is 18.2 Å². The Morgan fingerprint density at radius 3 is 2.69 bits per heavy atom. The second-order valence-electron chi connectivity index (χ2n) is 8.59. The SMILES string of the molecule is COc1ncc(C(=O)NC2CCN(C)CC2)cc1Nc1ncc2cccc(C(C)C)c2n1. The van der Waals surface area contributed by atoms with Crippen molar-refractivity contribution in [3.05, 3.63) is 47.8 Å². The van der Waals surface area contributed by atoms with Gasteiger partial charge in [-0.1, -0.05) is 32.0 Å². The van der Waals surface area contributed by atoms with Gasteiger partial charge in [-0.15, -0.1) is 0 Å². The third-order valence-corrected chi connectivity index (χ3v) is 5.87. The summed E-state index contributed by atoms with van der Waals surface area (Å²) in [5.41, 5.74) is 3.08. The number of likely N-dealkylation sites (tertiary alicyclic amines) is 1. The first kappa shape index (κ1) is 22.0. The van der Waals surface area contributed by atoms with Crippen molar-refractivity contribution in [1.82, 2.24) is 25.2 Å². The van der Waals surface area contributed by atoms with Gasteiger partial charge in [0.2, 0.25) is 11.8 Å². The molecule has 1 aliphatic heterocycles. The summed E-state index contributed by atoms with van der Waals surface area (Å²) < 4.78 is 5.40. The number of benzene rings is 1. The van der Waals surface area contributed by atoms with Crippen molar-refractivity contribution in [2.24, 2.45) is 0 Å². The zero-order valence-electron chi connectivity index (χ0n) is 19.1. The van der Waals surface area contributed by atoms with E-state index in [4.69, 9.17) is 9.72 Å². The Hall–Kier alpha value is -3.26. The van der Waals surface area contributed by atoms with Gasteiger partial charge in [-0.25, -0.2) is 15.0 Å². The van der Waals surface area contributed by atoms with Gasteiger partial charge in [0.15, 0.2) is 0 Å². The number of carbonyl (C=O) groups is 1. The predicted octanol–water partition coefficient (Wildman–Crippen LogP) is 3.72. The number of hydrogen-bond donors (Lipinski definition) is 2. The molecule has 1 aromatic carbocycles. The Balaban J connectivity index is 1.58. The van der Waals surface area contributed by atoms with Crippen molar-refractivity contribution in [3.63, 3.8) is 0 Å². The molecule has 3 heterocycles. The molecule has 0 aliphatic carbocycles. The van der Waals surface area contributed by atoms with Crippen LogP contribution in [0.25, 0.3) is 10.9 Å². The lowest BCUT2D eigenvalue weighted by Crippen LogP contribution is -2.43. The summed E-state index contributed by atoms with van der Waals surface area (Å²) in [6.45, 7) is 6.25. The first-order chi connectivity index (χ1) is 15.4. The molecule has 0 atom stereocenters. The van der Waals surface area contributed by atoms with Gasteiger partial charge < -0.3 is 20.3 Å². The molecule has 0 unspecified atom stereocenters. The van der Waals surface area contributed by atoms with E-state index in [-0.39, 0.29) is 11.9 Å². The van der Waals surface area contributed by atoms with E-state index in [1.807, 2.05) is 12.1 Å². The number of anilines is 2. The third kappa shape index (κ3) is 4.80. The van der Waals surface area contributed by atoms with Crippen LogP contribution in [-0.2, 0) is 0 Å². The van der Waals surface area contributed by atoms with Gasteiger partial charge in [0.1, 0.15) is 5.69 Å². The summed E-state index contributed by atoms with van der Waals surface area (Å²) in [5, 5.41) is 7.30. The number of ether oxygens (including phenoxy) is 1. The fraction of sp³-hybridized carbons (Fsp3) is 0.417. The maximum atomic E-state index is 12.8. The van der Waals surface area contributed by atoms with E-state index < -0.39 is 0 Å². The van der Waals surface area contributed by atoms with Crippen molar-refractivity contribution >= 4 is 28.4 Å². The van der Waals surface area contributed by atoms with Crippen LogP contribution in [0.5, 0.6) is 5.88 Å². The van der Waals surface area contributed by atoms with Gasteiger partial charge >= 0.3 is 0 Å². The maximum Gasteiger partial charge on any atom is 0.253 e. The summed E-state index contributed by atoms with van der Waals surface area (Å²) in [7, 11) is 3.65. The van der Waals surface area contributed by atoms with Gasteiger partial charge in [0.25, 0.3) is 5.91 Å². The smallest absolute Gasteiger partial charge is 0.253 e. The van der Waals surface area contributed by atoms with Crippen LogP contribution in [0.1, 0.15) is 48.5 Å². The minimum Gasteiger partial charge on any atom is -0.480 e. The lowest BCUT2D eigenvalue weighted by molar-refractivity contribution is 0.0916. The fourth-order valence-electron chi connectivity index (χ4n) is 3.98. The van der Waals surface area contributed by atoms with Gasteiger partial charge in [-0.2, -0.15) is 0 Å². The fourth-order valence-corrected chi connectivity index (χ4v) is 3.98. The summed E-state index contributed by atoms with van der Waals surface area (Å²) >= 11 is 0. The number of para-hydroxylation sites is 1. The molecule has 1 fully saturated rings. The molecule has 2 aromatic heterocycles. The average molecular weight is 435 g/mol. The molecule has 0 radical (unpaired) electrons. The molecule has 1 saturated heterocycles. The lowest BCUT2D eigenvalue weighted by atomic mass is 10.0. The molecule has 32 heavy (non-hydrogen) atoms. The Labute approximate surface area is 188 Å². The number of carbonyl (C=O) groups excluding carboxylic acids is 1. The number of rotatable bonds is 6. The minimum atomic E-state index is -0.140. The number of piperidine rings is 1. The number of methoxy groups -OCH3 is 1. The highest BCUT2D eigenvalue weighted by molar-refractivity contribution is 5.95. The molecule has 3 aromatic rings. The normalized spacial score (nSPS) is 15.2. The molecular weight excluding hydrogens is 404 g/mol. The highest BCUT2D eigenvalue weighted by Gasteiger charge is 2.20. The second kappa shape index (κ2) is 9.48. The van der Waals surface area contributed by atoms with Crippen LogP contribution >= 0.6 is 0 Å². The number of aromatic nitrogens is 3. The monoisotopic (exact) mass is 434 g/mol. The van der Waals surface area contributed by atoms with Crippen LogP contribution in [0.3, 0.4) is 0 Å². The van der Waals surface area contributed by atoms with E-state index in [0.717, 1.165) is 42.4 Å². The van der Waals surface area contributed by atoms with E-state index in [1.165, 1.54) is 6.20 Å². The van der Waals surface area contributed by atoms with E-state index in [0.29, 0.717) is 29.0 Å². The Kier molecular flexibility index (Phi) is 6.50. The summed E-state index contributed by atoms with van der Waals surface area (Å²) in [4.78, 5) is 28.6. The highest BCUT2D eigenvalue weighted by Crippen LogP contribution is 2.28. The first-order valence-electron chi connectivity index (χ1n) is 11.0. The number of fused-ring (bicyclic) bond motifs is 1. The molecule has 0 spiro atoms. The molecule has 0 bridgehead atoms. The Morgan fingerprint density at radius 2 is 1.97 bits per heavy atom. The molecule has 1 aliphatic rings. The van der Waals surface area contributed by atoms with Crippen LogP contribution in [0, 0.1) is 0 Å². The quantitative estimate of drug-likeness (QED) is 0.611. The largest absolute Gasteiger partial charge is 0.480 e. The topological polar surface area (TPSA) is 92.3 Å². The van der Waals surface area contributed by atoms with Crippen LogP contribution in [0.4, 0.5) is 11.6 Å². The molecule has 8 nitrogen and oxygen atoms in total. The van der Waals surface area contributed by atoms with Gasteiger partial charge in [-0.3, -0.25) is 4.79 Å². The summed E-state index contributed by atoms with van der Waals surface area (Å²) in [5.74, 6) is 1.00. The highest BCUT2D eigenvalue weighted by atomic mass is 16.5.